The molecule has 116 valence electrons. The number of amides is 2. The molecular weight excluding hydrogens is 306 g/mol. The number of nitrogens with zero attached hydrogens (tertiary/aromatic N) is 2. The Balaban J connectivity index is 2.05. The van der Waals surface area contributed by atoms with Gasteiger partial charge in [-0.05, 0) is 25.1 Å². The van der Waals surface area contributed by atoms with Crippen LogP contribution in [0.3, 0.4) is 0 Å². The van der Waals surface area contributed by atoms with Crippen LogP contribution in [0.25, 0.3) is 0 Å². The number of hydrogen-bond donors (Lipinski definition) is 1. The minimum atomic E-state index is -0.240. The minimum Gasteiger partial charge on any atom is -0.361 e. The Morgan fingerprint density at radius 1 is 1.32 bits per heavy atom. The molecule has 0 saturated carbocycles. The summed E-state index contributed by atoms with van der Waals surface area (Å²) in [6.07, 6.45) is 0.105. The predicted octanol–water partition coefficient (Wildman–Crippen LogP) is 2.52. The van der Waals surface area contributed by atoms with E-state index >= 15 is 0 Å². The first-order valence-corrected chi connectivity index (χ1v) is 6.98. The fourth-order valence-corrected chi connectivity index (χ4v) is 2.14. The van der Waals surface area contributed by atoms with Gasteiger partial charge in [-0.25, -0.2) is 0 Å². The number of anilines is 1. The van der Waals surface area contributed by atoms with Gasteiger partial charge < -0.3 is 14.7 Å². The average molecular weight is 322 g/mol. The molecule has 1 N–H and O–H groups in total. The van der Waals surface area contributed by atoms with Crippen molar-refractivity contribution in [3.05, 3.63) is 46.3 Å². The monoisotopic (exact) mass is 321 g/mol. The SMILES string of the molecule is Cc1cc(CC(=O)Nc2ccc(C(=O)N(C)C)c(Cl)c2)no1. The molecule has 0 aliphatic carbocycles. The van der Waals surface area contributed by atoms with Crippen molar-refractivity contribution in [3.8, 4) is 0 Å². The van der Waals surface area contributed by atoms with Crippen LogP contribution in [0.1, 0.15) is 21.8 Å². The number of aromatic nitrogens is 1. The molecule has 0 atom stereocenters. The van der Waals surface area contributed by atoms with Crippen molar-refractivity contribution < 1.29 is 14.1 Å². The maximum Gasteiger partial charge on any atom is 0.254 e. The Morgan fingerprint density at radius 3 is 2.59 bits per heavy atom. The molecule has 0 aliphatic rings. The summed E-state index contributed by atoms with van der Waals surface area (Å²) in [5.74, 6) is 0.217. The van der Waals surface area contributed by atoms with Gasteiger partial charge in [0.15, 0.2) is 0 Å². The van der Waals surface area contributed by atoms with Crippen molar-refractivity contribution in [3.63, 3.8) is 0 Å². The van der Waals surface area contributed by atoms with E-state index in [0.717, 1.165) is 0 Å². The summed E-state index contributed by atoms with van der Waals surface area (Å²) in [4.78, 5) is 25.2. The van der Waals surface area contributed by atoms with E-state index in [-0.39, 0.29) is 23.3 Å². The first-order chi connectivity index (χ1) is 10.4. The third-order valence-corrected chi connectivity index (χ3v) is 3.22. The molecule has 0 bridgehead atoms. The zero-order valence-electron chi connectivity index (χ0n) is 12.5. The van der Waals surface area contributed by atoms with Crippen LogP contribution in [0.2, 0.25) is 5.02 Å². The molecule has 2 aromatic rings. The number of halogens is 1. The van der Waals surface area contributed by atoms with Crippen LogP contribution in [0.15, 0.2) is 28.8 Å². The van der Waals surface area contributed by atoms with E-state index in [1.54, 1.807) is 45.3 Å². The Hall–Kier alpha value is -2.34. The Bertz CT molecular complexity index is 710. The summed E-state index contributed by atoms with van der Waals surface area (Å²) < 4.78 is 4.91. The summed E-state index contributed by atoms with van der Waals surface area (Å²) in [6.45, 7) is 1.76. The van der Waals surface area contributed by atoms with Gasteiger partial charge in [0.05, 0.1) is 22.7 Å². The zero-order valence-corrected chi connectivity index (χ0v) is 13.3. The van der Waals surface area contributed by atoms with Gasteiger partial charge in [0.25, 0.3) is 5.91 Å². The first-order valence-electron chi connectivity index (χ1n) is 6.60. The summed E-state index contributed by atoms with van der Waals surface area (Å²) in [6, 6.07) is 6.46. The van der Waals surface area contributed by atoms with Crippen LogP contribution in [0, 0.1) is 6.92 Å². The number of nitrogens with one attached hydrogen (secondary N) is 1. The average Bonchev–Trinajstić information content (AvgIpc) is 2.83. The summed E-state index contributed by atoms with van der Waals surface area (Å²) >= 11 is 6.09. The summed E-state index contributed by atoms with van der Waals surface area (Å²) in [7, 11) is 3.29. The van der Waals surface area contributed by atoms with E-state index in [4.69, 9.17) is 16.1 Å². The van der Waals surface area contributed by atoms with E-state index in [2.05, 4.69) is 10.5 Å². The lowest BCUT2D eigenvalue weighted by molar-refractivity contribution is -0.115. The van der Waals surface area contributed by atoms with Gasteiger partial charge in [-0.2, -0.15) is 0 Å². The van der Waals surface area contributed by atoms with Crippen molar-refractivity contribution >= 4 is 29.1 Å². The quantitative estimate of drug-likeness (QED) is 0.939. The van der Waals surface area contributed by atoms with E-state index in [0.29, 0.717) is 22.7 Å². The van der Waals surface area contributed by atoms with Gasteiger partial charge in [0.2, 0.25) is 5.91 Å². The highest BCUT2D eigenvalue weighted by Crippen LogP contribution is 2.22. The number of benzene rings is 1. The molecule has 1 aromatic heterocycles. The Kier molecular flexibility index (Phi) is 4.82. The van der Waals surface area contributed by atoms with Crippen molar-refractivity contribution in [2.45, 2.75) is 13.3 Å². The smallest absolute Gasteiger partial charge is 0.254 e. The number of aryl methyl sites for hydroxylation is 1. The number of hydrogen-bond acceptors (Lipinski definition) is 4. The molecule has 0 radical (unpaired) electrons. The Labute approximate surface area is 133 Å². The summed E-state index contributed by atoms with van der Waals surface area (Å²) in [5.41, 5.74) is 1.46. The third-order valence-electron chi connectivity index (χ3n) is 2.91. The Morgan fingerprint density at radius 2 is 2.05 bits per heavy atom. The normalized spacial score (nSPS) is 10.4. The molecule has 1 heterocycles. The molecule has 0 aliphatic heterocycles. The second kappa shape index (κ2) is 6.62. The van der Waals surface area contributed by atoms with Crippen LogP contribution in [0.4, 0.5) is 5.69 Å². The van der Waals surface area contributed by atoms with Gasteiger partial charge in [0.1, 0.15) is 5.76 Å². The van der Waals surface area contributed by atoms with Crippen LogP contribution < -0.4 is 5.32 Å². The fourth-order valence-electron chi connectivity index (χ4n) is 1.88. The van der Waals surface area contributed by atoms with Gasteiger partial charge in [0, 0.05) is 25.8 Å². The largest absolute Gasteiger partial charge is 0.361 e. The lowest BCUT2D eigenvalue weighted by Crippen LogP contribution is -2.22. The number of carbonyl (C=O) groups is 2. The van der Waals surface area contributed by atoms with Crippen molar-refractivity contribution in [2.75, 3.05) is 19.4 Å². The number of rotatable bonds is 4. The predicted molar refractivity (Wildman–Crippen MR) is 83.0 cm³/mol. The molecule has 22 heavy (non-hydrogen) atoms. The van der Waals surface area contributed by atoms with Crippen LogP contribution in [-0.4, -0.2) is 36.0 Å². The molecule has 0 spiro atoms. The van der Waals surface area contributed by atoms with Crippen LogP contribution in [0.5, 0.6) is 0 Å². The summed E-state index contributed by atoms with van der Waals surface area (Å²) in [5, 5.41) is 6.75. The minimum absolute atomic E-state index is 0.105. The van der Waals surface area contributed by atoms with Gasteiger partial charge in [-0.3, -0.25) is 9.59 Å². The lowest BCUT2D eigenvalue weighted by Gasteiger charge is -2.12. The maximum atomic E-state index is 11.9. The lowest BCUT2D eigenvalue weighted by atomic mass is 10.1. The fraction of sp³-hybridized carbons (Fsp3) is 0.267. The third kappa shape index (κ3) is 3.85. The second-order valence-electron chi connectivity index (χ2n) is 5.05. The first kappa shape index (κ1) is 16.0. The zero-order chi connectivity index (χ0) is 16.3. The van der Waals surface area contributed by atoms with E-state index < -0.39 is 0 Å². The molecular formula is C15H16ClN3O3. The second-order valence-corrected chi connectivity index (χ2v) is 5.46. The highest BCUT2D eigenvalue weighted by atomic mass is 35.5. The van der Waals surface area contributed by atoms with Gasteiger partial charge in [-0.15, -0.1) is 0 Å². The molecule has 1 aromatic carbocycles. The topological polar surface area (TPSA) is 75.4 Å². The highest BCUT2D eigenvalue weighted by molar-refractivity contribution is 6.34. The van der Waals surface area contributed by atoms with Crippen molar-refractivity contribution in [2.24, 2.45) is 0 Å². The molecule has 0 unspecified atom stereocenters. The molecule has 6 nitrogen and oxygen atoms in total. The van der Waals surface area contributed by atoms with Gasteiger partial charge in [-0.1, -0.05) is 16.8 Å². The van der Waals surface area contributed by atoms with E-state index in [1.165, 1.54) is 4.90 Å². The van der Waals surface area contributed by atoms with E-state index in [9.17, 15) is 9.59 Å². The molecule has 2 rings (SSSR count). The van der Waals surface area contributed by atoms with Crippen LogP contribution in [-0.2, 0) is 11.2 Å². The molecule has 7 heteroatoms. The van der Waals surface area contributed by atoms with Crippen LogP contribution >= 0.6 is 11.6 Å². The molecule has 0 fully saturated rings. The molecule has 0 saturated heterocycles. The van der Waals surface area contributed by atoms with Crippen molar-refractivity contribution in [1.82, 2.24) is 10.1 Å². The standard InChI is InChI=1S/C15H16ClN3O3/c1-9-6-11(18-22-9)8-14(20)17-10-4-5-12(13(16)7-10)15(21)19(2)3/h4-7H,8H2,1-3H3,(H,17,20). The number of carbonyl (C=O) groups excluding carboxylic acids is 2. The van der Waals surface area contributed by atoms with Gasteiger partial charge >= 0.3 is 0 Å². The molecule has 2 amide bonds. The van der Waals surface area contributed by atoms with Crippen molar-refractivity contribution in [1.29, 1.82) is 0 Å². The van der Waals surface area contributed by atoms with E-state index in [1.807, 2.05) is 0 Å². The highest BCUT2D eigenvalue weighted by Gasteiger charge is 2.14. The maximum absolute atomic E-state index is 11.9.